The Hall–Kier alpha value is -2.17. The molecule has 0 saturated carbocycles. The molecule has 0 spiro atoms. The van der Waals surface area contributed by atoms with Crippen LogP contribution >= 0.6 is 0 Å². The van der Waals surface area contributed by atoms with Crippen LogP contribution in [0.2, 0.25) is 0 Å². The third kappa shape index (κ3) is 3.35. The molecule has 0 aliphatic carbocycles. The Morgan fingerprint density at radius 1 is 1.08 bits per heavy atom. The monoisotopic (exact) mass is 324 g/mol. The van der Waals surface area contributed by atoms with Crippen LogP contribution in [0.25, 0.3) is 0 Å². The van der Waals surface area contributed by atoms with Crippen molar-refractivity contribution in [3.63, 3.8) is 0 Å². The minimum Gasteiger partial charge on any atom is -0.372 e. The van der Waals surface area contributed by atoms with Gasteiger partial charge in [-0.25, -0.2) is 0 Å². The molecule has 126 valence electrons. The lowest BCUT2D eigenvalue weighted by atomic mass is 9.85. The molecule has 3 rings (SSSR count). The van der Waals surface area contributed by atoms with Crippen molar-refractivity contribution in [3.8, 4) is 0 Å². The average Bonchev–Trinajstić information content (AvgIpc) is 2.62. The summed E-state index contributed by atoms with van der Waals surface area (Å²) < 4.78 is 0. The summed E-state index contributed by atoms with van der Waals surface area (Å²) in [4.78, 5) is 15.3. The Labute approximate surface area is 143 Å². The average molecular weight is 324 g/mol. The second kappa shape index (κ2) is 7.16. The molecular weight excluding hydrogens is 300 g/mol. The van der Waals surface area contributed by atoms with Crippen molar-refractivity contribution in [1.82, 2.24) is 10.2 Å². The smallest absolute Gasteiger partial charge is 0.261 e. The molecule has 1 fully saturated rings. The van der Waals surface area contributed by atoms with Crippen LogP contribution < -0.4 is 5.32 Å². The fourth-order valence-electron chi connectivity index (χ4n) is 3.36. The number of nitrogens with one attached hydrogen (secondary N) is 1. The lowest BCUT2D eigenvalue weighted by molar-refractivity contribution is -0.137. The fraction of sp³-hybridized carbons (Fsp3) is 0.350. The summed E-state index contributed by atoms with van der Waals surface area (Å²) in [6.45, 7) is 1.86. The van der Waals surface area contributed by atoms with Gasteiger partial charge < -0.3 is 15.3 Å². The highest BCUT2D eigenvalue weighted by Crippen LogP contribution is 2.30. The number of hydrogen-bond donors (Lipinski definition) is 2. The summed E-state index contributed by atoms with van der Waals surface area (Å²) in [5.74, 6) is -0.361. The Morgan fingerprint density at radius 2 is 1.62 bits per heavy atom. The Morgan fingerprint density at radius 3 is 2.12 bits per heavy atom. The van der Waals surface area contributed by atoms with Crippen LogP contribution in [-0.2, 0) is 10.4 Å². The summed E-state index contributed by atoms with van der Waals surface area (Å²) in [7, 11) is 2.05. The number of likely N-dealkylation sites (tertiary alicyclic amines) is 1. The zero-order valence-electron chi connectivity index (χ0n) is 14.0. The molecule has 1 aliphatic heterocycles. The first-order valence-corrected chi connectivity index (χ1v) is 8.43. The third-order valence-corrected chi connectivity index (χ3v) is 4.67. The van der Waals surface area contributed by atoms with Gasteiger partial charge in [0, 0.05) is 12.6 Å². The van der Waals surface area contributed by atoms with Crippen molar-refractivity contribution < 1.29 is 9.90 Å². The molecule has 4 nitrogen and oxygen atoms in total. The van der Waals surface area contributed by atoms with Crippen molar-refractivity contribution >= 4 is 5.91 Å². The zero-order valence-corrected chi connectivity index (χ0v) is 14.0. The van der Waals surface area contributed by atoms with Gasteiger partial charge in [0.15, 0.2) is 5.60 Å². The van der Waals surface area contributed by atoms with Gasteiger partial charge in [-0.2, -0.15) is 0 Å². The number of piperidine rings is 1. The van der Waals surface area contributed by atoms with E-state index in [0.717, 1.165) is 25.9 Å². The molecule has 24 heavy (non-hydrogen) atoms. The molecule has 2 aromatic rings. The van der Waals surface area contributed by atoms with E-state index in [-0.39, 0.29) is 11.9 Å². The van der Waals surface area contributed by atoms with Crippen LogP contribution in [0.3, 0.4) is 0 Å². The summed E-state index contributed by atoms with van der Waals surface area (Å²) in [5, 5.41) is 14.4. The predicted molar refractivity (Wildman–Crippen MR) is 94.5 cm³/mol. The van der Waals surface area contributed by atoms with Gasteiger partial charge >= 0.3 is 0 Å². The zero-order chi connectivity index (χ0) is 17.0. The Kier molecular flexibility index (Phi) is 4.97. The number of benzene rings is 2. The van der Waals surface area contributed by atoms with Gasteiger partial charge in [-0.05, 0) is 37.6 Å². The number of hydrogen-bond acceptors (Lipinski definition) is 3. The molecule has 0 aromatic heterocycles. The standard InChI is InChI=1S/C20H24N2O2/c1-22-14-8-13-18(15-22)21-19(23)20(24,16-9-4-2-5-10-16)17-11-6-3-7-12-17/h2-7,9-12,18,24H,8,13-15H2,1H3,(H,21,23). The lowest BCUT2D eigenvalue weighted by Gasteiger charge is -2.34. The fourth-order valence-corrected chi connectivity index (χ4v) is 3.36. The van der Waals surface area contributed by atoms with Crippen LogP contribution in [0.4, 0.5) is 0 Å². The SMILES string of the molecule is CN1CCCC(NC(=O)C(O)(c2ccccc2)c2ccccc2)C1. The molecule has 0 radical (unpaired) electrons. The summed E-state index contributed by atoms with van der Waals surface area (Å²) >= 11 is 0. The minimum absolute atomic E-state index is 0.0650. The normalized spacial score (nSPS) is 19.0. The van der Waals surface area contributed by atoms with Gasteiger partial charge in [-0.3, -0.25) is 4.79 Å². The maximum absolute atomic E-state index is 13.1. The van der Waals surface area contributed by atoms with E-state index in [2.05, 4.69) is 17.3 Å². The number of carbonyl (C=O) groups is 1. The van der Waals surface area contributed by atoms with E-state index in [1.807, 2.05) is 36.4 Å². The quantitative estimate of drug-likeness (QED) is 0.906. The molecule has 4 heteroatoms. The molecule has 1 saturated heterocycles. The van der Waals surface area contributed by atoms with Crippen molar-refractivity contribution in [2.75, 3.05) is 20.1 Å². The van der Waals surface area contributed by atoms with Crippen molar-refractivity contribution in [2.45, 2.75) is 24.5 Å². The van der Waals surface area contributed by atoms with E-state index in [9.17, 15) is 9.90 Å². The van der Waals surface area contributed by atoms with Gasteiger partial charge in [0.25, 0.3) is 5.91 Å². The Balaban J connectivity index is 1.91. The van der Waals surface area contributed by atoms with Crippen LogP contribution in [-0.4, -0.2) is 42.1 Å². The largest absolute Gasteiger partial charge is 0.372 e. The lowest BCUT2D eigenvalue weighted by Crippen LogP contribution is -2.53. The van der Waals surface area contributed by atoms with Gasteiger partial charge in [-0.15, -0.1) is 0 Å². The van der Waals surface area contributed by atoms with Crippen molar-refractivity contribution in [3.05, 3.63) is 71.8 Å². The van der Waals surface area contributed by atoms with Crippen molar-refractivity contribution in [1.29, 1.82) is 0 Å². The summed E-state index contributed by atoms with van der Waals surface area (Å²) in [5.41, 5.74) is -0.519. The molecular formula is C20H24N2O2. The molecule has 1 aliphatic rings. The van der Waals surface area contributed by atoms with E-state index in [4.69, 9.17) is 0 Å². The summed E-state index contributed by atoms with van der Waals surface area (Å²) in [6, 6.07) is 18.3. The second-order valence-corrected chi connectivity index (χ2v) is 6.52. The molecule has 1 heterocycles. The minimum atomic E-state index is -1.68. The molecule has 2 aromatic carbocycles. The highest BCUT2D eigenvalue weighted by Gasteiger charge is 2.40. The topological polar surface area (TPSA) is 52.6 Å². The number of carbonyl (C=O) groups excluding carboxylic acids is 1. The van der Waals surface area contributed by atoms with E-state index in [1.165, 1.54) is 0 Å². The van der Waals surface area contributed by atoms with Gasteiger partial charge in [-0.1, -0.05) is 60.7 Å². The van der Waals surface area contributed by atoms with Crippen LogP contribution in [0.1, 0.15) is 24.0 Å². The van der Waals surface area contributed by atoms with Crippen LogP contribution in [0.15, 0.2) is 60.7 Å². The molecule has 1 amide bonds. The maximum Gasteiger partial charge on any atom is 0.261 e. The Bertz CT molecular complexity index is 633. The molecule has 1 unspecified atom stereocenters. The van der Waals surface area contributed by atoms with E-state index in [1.54, 1.807) is 24.3 Å². The van der Waals surface area contributed by atoms with E-state index < -0.39 is 5.60 Å². The van der Waals surface area contributed by atoms with Crippen LogP contribution in [0.5, 0.6) is 0 Å². The van der Waals surface area contributed by atoms with E-state index >= 15 is 0 Å². The predicted octanol–water partition coefficient (Wildman–Crippen LogP) is 2.13. The number of amides is 1. The van der Waals surface area contributed by atoms with Gasteiger partial charge in [0.2, 0.25) is 0 Å². The van der Waals surface area contributed by atoms with Gasteiger partial charge in [0.05, 0.1) is 0 Å². The first kappa shape index (κ1) is 16.7. The number of rotatable bonds is 4. The maximum atomic E-state index is 13.1. The van der Waals surface area contributed by atoms with Crippen LogP contribution in [0, 0.1) is 0 Å². The second-order valence-electron chi connectivity index (χ2n) is 6.52. The highest BCUT2D eigenvalue weighted by molar-refractivity contribution is 5.90. The number of nitrogens with zero attached hydrogens (tertiary/aromatic N) is 1. The van der Waals surface area contributed by atoms with Crippen molar-refractivity contribution in [2.24, 2.45) is 0 Å². The number of likely N-dealkylation sites (N-methyl/N-ethyl adjacent to an activating group) is 1. The summed E-state index contributed by atoms with van der Waals surface area (Å²) in [6.07, 6.45) is 1.99. The molecule has 2 N–H and O–H groups in total. The third-order valence-electron chi connectivity index (χ3n) is 4.67. The first-order chi connectivity index (χ1) is 11.6. The molecule has 1 atom stereocenters. The molecule has 0 bridgehead atoms. The van der Waals surface area contributed by atoms with Gasteiger partial charge in [0.1, 0.15) is 0 Å². The first-order valence-electron chi connectivity index (χ1n) is 8.43. The number of aliphatic hydroxyl groups is 1. The van der Waals surface area contributed by atoms with E-state index in [0.29, 0.717) is 11.1 Å². The highest BCUT2D eigenvalue weighted by atomic mass is 16.3.